The van der Waals surface area contributed by atoms with E-state index < -0.39 is 0 Å². The van der Waals surface area contributed by atoms with E-state index in [0.29, 0.717) is 0 Å². The Labute approximate surface area is 103 Å². The number of rotatable bonds is 4. The standard InChI is InChI=1S/C14H21NS/c1-11-7-12(2)9-13(8-11)3-5-15-14-4-6-16-10-14/h7-9,14-15H,3-6,10H2,1-2H3. The Morgan fingerprint density at radius 3 is 2.62 bits per heavy atom. The van der Waals surface area contributed by atoms with Crippen molar-refractivity contribution in [3.8, 4) is 0 Å². The topological polar surface area (TPSA) is 12.0 Å². The lowest BCUT2D eigenvalue weighted by molar-refractivity contribution is 0.560. The second-order valence-electron chi connectivity index (χ2n) is 4.76. The molecule has 1 fully saturated rings. The largest absolute Gasteiger partial charge is 0.313 e. The van der Waals surface area contributed by atoms with Crippen molar-refractivity contribution in [2.45, 2.75) is 32.7 Å². The van der Waals surface area contributed by atoms with Gasteiger partial charge in [-0.3, -0.25) is 0 Å². The van der Waals surface area contributed by atoms with Crippen molar-refractivity contribution in [1.82, 2.24) is 5.32 Å². The van der Waals surface area contributed by atoms with E-state index in [1.54, 1.807) is 0 Å². The Hall–Kier alpha value is -0.470. The third kappa shape index (κ3) is 3.53. The molecule has 1 aliphatic rings. The maximum Gasteiger partial charge on any atom is 0.0166 e. The molecule has 88 valence electrons. The van der Waals surface area contributed by atoms with Gasteiger partial charge in [0.2, 0.25) is 0 Å². The molecular weight excluding hydrogens is 214 g/mol. The van der Waals surface area contributed by atoms with E-state index >= 15 is 0 Å². The summed E-state index contributed by atoms with van der Waals surface area (Å²) >= 11 is 2.07. The zero-order valence-corrected chi connectivity index (χ0v) is 11.1. The molecule has 16 heavy (non-hydrogen) atoms. The van der Waals surface area contributed by atoms with Gasteiger partial charge < -0.3 is 5.32 Å². The molecule has 0 radical (unpaired) electrons. The lowest BCUT2D eigenvalue weighted by atomic mass is 10.0. The van der Waals surface area contributed by atoms with Gasteiger partial charge in [-0.2, -0.15) is 11.8 Å². The normalized spacial score (nSPS) is 20.2. The van der Waals surface area contributed by atoms with Gasteiger partial charge in [0.15, 0.2) is 0 Å². The van der Waals surface area contributed by atoms with Crippen LogP contribution in [0.2, 0.25) is 0 Å². The fourth-order valence-corrected chi connectivity index (χ4v) is 3.52. The van der Waals surface area contributed by atoms with E-state index in [1.165, 1.54) is 34.6 Å². The minimum Gasteiger partial charge on any atom is -0.313 e. The second kappa shape index (κ2) is 5.74. The maximum atomic E-state index is 3.65. The Morgan fingerprint density at radius 2 is 2.00 bits per heavy atom. The van der Waals surface area contributed by atoms with Crippen molar-refractivity contribution >= 4 is 11.8 Å². The molecule has 1 aromatic rings. The highest BCUT2D eigenvalue weighted by Gasteiger charge is 2.13. The van der Waals surface area contributed by atoms with Crippen molar-refractivity contribution in [2.24, 2.45) is 0 Å². The molecule has 0 spiro atoms. The Morgan fingerprint density at radius 1 is 1.25 bits per heavy atom. The zero-order chi connectivity index (χ0) is 11.4. The van der Waals surface area contributed by atoms with Crippen molar-refractivity contribution in [1.29, 1.82) is 0 Å². The second-order valence-corrected chi connectivity index (χ2v) is 5.91. The molecule has 1 atom stereocenters. The van der Waals surface area contributed by atoms with Crippen molar-refractivity contribution in [3.63, 3.8) is 0 Å². The molecule has 1 nitrogen and oxygen atoms in total. The molecule has 0 bridgehead atoms. The molecule has 1 heterocycles. The van der Waals surface area contributed by atoms with Crippen LogP contribution in [0.5, 0.6) is 0 Å². The van der Waals surface area contributed by atoms with E-state index in [9.17, 15) is 0 Å². The van der Waals surface area contributed by atoms with Crippen molar-refractivity contribution in [2.75, 3.05) is 18.1 Å². The summed E-state index contributed by atoms with van der Waals surface area (Å²) in [5.74, 6) is 2.63. The van der Waals surface area contributed by atoms with Crippen LogP contribution in [0.4, 0.5) is 0 Å². The summed E-state index contributed by atoms with van der Waals surface area (Å²) in [5, 5.41) is 3.65. The lowest BCUT2D eigenvalue weighted by Crippen LogP contribution is -2.30. The first-order valence-electron chi connectivity index (χ1n) is 6.12. The summed E-state index contributed by atoms with van der Waals surface area (Å²) in [7, 11) is 0. The monoisotopic (exact) mass is 235 g/mol. The number of hydrogen-bond donors (Lipinski definition) is 1. The van der Waals surface area contributed by atoms with Crippen molar-refractivity contribution in [3.05, 3.63) is 34.9 Å². The minimum atomic E-state index is 0.760. The molecular formula is C14H21NS. The van der Waals surface area contributed by atoms with Gasteiger partial charge in [-0.1, -0.05) is 29.3 Å². The van der Waals surface area contributed by atoms with Gasteiger partial charge >= 0.3 is 0 Å². The molecule has 2 rings (SSSR count). The molecule has 0 aromatic heterocycles. The van der Waals surface area contributed by atoms with E-state index in [2.05, 4.69) is 49.1 Å². The summed E-state index contributed by atoms with van der Waals surface area (Å²) in [6, 6.07) is 7.61. The highest BCUT2D eigenvalue weighted by molar-refractivity contribution is 7.99. The summed E-state index contributed by atoms with van der Waals surface area (Å²) in [6.45, 7) is 5.48. The van der Waals surface area contributed by atoms with Crippen LogP contribution in [-0.4, -0.2) is 24.1 Å². The Kier molecular flexibility index (Phi) is 4.30. The fraction of sp³-hybridized carbons (Fsp3) is 0.571. The predicted molar refractivity (Wildman–Crippen MR) is 73.4 cm³/mol. The number of benzene rings is 1. The van der Waals surface area contributed by atoms with Gasteiger partial charge in [0, 0.05) is 11.8 Å². The summed E-state index contributed by atoms with van der Waals surface area (Å²) in [4.78, 5) is 0. The first kappa shape index (κ1) is 12.0. The molecule has 1 aliphatic heterocycles. The number of thioether (sulfide) groups is 1. The average Bonchev–Trinajstić information content (AvgIpc) is 2.69. The molecule has 1 unspecified atom stereocenters. The van der Waals surface area contributed by atoms with Gasteiger partial charge in [-0.05, 0) is 44.6 Å². The third-order valence-electron chi connectivity index (χ3n) is 3.06. The minimum absolute atomic E-state index is 0.760. The van der Waals surface area contributed by atoms with Crippen LogP contribution in [-0.2, 0) is 6.42 Å². The summed E-state index contributed by atoms with van der Waals surface area (Å²) in [5.41, 5.74) is 4.23. The number of aryl methyl sites for hydroxylation is 2. The fourth-order valence-electron chi connectivity index (χ4n) is 2.33. The molecule has 1 N–H and O–H groups in total. The van der Waals surface area contributed by atoms with Crippen LogP contribution in [0.25, 0.3) is 0 Å². The molecule has 1 aromatic carbocycles. The van der Waals surface area contributed by atoms with E-state index in [0.717, 1.165) is 19.0 Å². The van der Waals surface area contributed by atoms with E-state index in [-0.39, 0.29) is 0 Å². The van der Waals surface area contributed by atoms with Gasteiger partial charge in [-0.25, -0.2) is 0 Å². The first-order chi connectivity index (χ1) is 7.74. The molecule has 0 aliphatic carbocycles. The van der Waals surface area contributed by atoms with E-state index in [4.69, 9.17) is 0 Å². The predicted octanol–water partition coefficient (Wildman–Crippen LogP) is 2.94. The van der Waals surface area contributed by atoms with Crippen LogP contribution in [0, 0.1) is 13.8 Å². The van der Waals surface area contributed by atoms with Crippen LogP contribution in [0.1, 0.15) is 23.1 Å². The SMILES string of the molecule is Cc1cc(C)cc(CCNC2CCSC2)c1. The number of nitrogens with one attached hydrogen (secondary N) is 1. The molecule has 0 amide bonds. The van der Waals surface area contributed by atoms with Gasteiger partial charge in [0.25, 0.3) is 0 Å². The summed E-state index contributed by atoms with van der Waals surface area (Å²) in [6.07, 6.45) is 2.50. The molecule has 0 saturated carbocycles. The highest BCUT2D eigenvalue weighted by Crippen LogP contribution is 2.17. The third-order valence-corrected chi connectivity index (χ3v) is 4.22. The van der Waals surface area contributed by atoms with Crippen LogP contribution >= 0.6 is 11.8 Å². The lowest BCUT2D eigenvalue weighted by Gasteiger charge is -2.11. The van der Waals surface area contributed by atoms with E-state index in [1.807, 2.05) is 0 Å². The maximum absolute atomic E-state index is 3.65. The van der Waals surface area contributed by atoms with Crippen molar-refractivity contribution < 1.29 is 0 Å². The van der Waals surface area contributed by atoms with Gasteiger partial charge in [0.1, 0.15) is 0 Å². The van der Waals surface area contributed by atoms with Gasteiger partial charge in [-0.15, -0.1) is 0 Å². The molecule has 2 heteroatoms. The smallest absolute Gasteiger partial charge is 0.0166 e. The Balaban J connectivity index is 1.80. The van der Waals surface area contributed by atoms with Crippen LogP contribution in [0.15, 0.2) is 18.2 Å². The van der Waals surface area contributed by atoms with Crippen LogP contribution < -0.4 is 5.32 Å². The highest BCUT2D eigenvalue weighted by atomic mass is 32.2. The molecule has 1 saturated heterocycles. The first-order valence-corrected chi connectivity index (χ1v) is 7.28. The quantitative estimate of drug-likeness (QED) is 0.861. The Bertz CT molecular complexity index is 322. The van der Waals surface area contributed by atoms with Crippen LogP contribution in [0.3, 0.4) is 0 Å². The zero-order valence-electron chi connectivity index (χ0n) is 10.3. The summed E-state index contributed by atoms with van der Waals surface area (Å²) < 4.78 is 0. The number of hydrogen-bond acceptors (Lipinski definition) is 2. The average molecular weight is 235 g/mol. The van der Waals surface area contributed by atoms with Gasteiger partial charge in [0.05, 0.1) is 0 Å².